The summed E-state index contributed by atoms with van der Waals surface area (Å²) in [5.74, 6) is -1.65. The van der Waals surface area contributed by atoms with Gasteiger partial charge in [0.2, 0.25) is 0 Å². The summed E-state index contributed by atoms with van der Waals surface area (Å²) >= 11 is 1.25. The quantitative estimate of drug-likeness (QED) is 0.725. The molecule has 3 aromatic carbocycles. The number of anilines is 1. The molecule has 0 heterocycles. The minimum absolute atomic E-state index is 0.0116. The van der Waals surface area contributed by atoms with Gasteiger partial charge in [-0.1, -0.05) is 0 Å². The normalized spacial score (nSPS) is 11.5. The van der Waals surface area contributed by atoms with Gasteiger partial charge in [-0.05, 0) is 0 Å². The van der Waals surface area contributed by atoms with Crippen molar-refractivity contribution < 1.29 is 37.6 Å². The molecular formula is C16H10F2NO2STi. The Morgan fingerprint density at radius 2 is 1.61 bits per heavy atom. The first-order valence-electron chi connectivity index (χ1n) is 6.60. The van der Waals surface area contributed by atoms with Gasteiger partial charge < -0.3 is 0 Å². The summed E-state index contributed by atoms with van der Waals surface area (Å²) in [6, 6.07) is 14.0. The van der Waals surface area contributed by atoms with Crippen LogP contribution in [-0.4, -0.2) is 8.42 Å². The molecule has 0 saturated heterocycles. The molecule has 0 aliphatic heterocycles. The van der Waals surface area contributed by atoms with Crippen molar-refractivity contribution in [2.75, 3.05) is 4.72 Å². The van der Waals surface area contributed by atoms with Gasteiger partial charge >= 0.3 is 144 Å². The molecule has 1 N–H and O–H groups in total. The fourth-order valence-corrected chi connectivity index (χ4v) is 3.60. The Bertz CT molecular complexity index is 1010. The summed E-state index contributed by atoms with van der Waals surface area (Å²) in [7, 11) is -3.97. The van der Waals surface area contributed by atoms with E-state index < -0.39 is 21.7 Å². The zero-order valence-corrected chi connectivity index (χ0v) is 14.1. The summed E-state index contributed by atoms with van der Waals surface area (Å²) in [5.41, 5.74) is -0.281. The molecule has 0 aromatic heterocycles. The SMILES string of the molecule is O=S(=O)(Nc1ccc(F)[c]([Ti])c1F)c1ccc2ccccc2c1. The number of fused-ring (bicyclic) bond motifs is 1. The standard InChI is InChI=1S/C16H10F2NO2S.Ti/c17-13-6-8-16(15(18)10-13)19-22(20,21)14-7-5-11-3-1-2-4-12(11)9-14;/h1-9,19H;. The predicted molar refractivity (Wildman–Crippen MR) is 80.7 cm³/mol. The Morgan fingerprint density at radius 3 is 2.35 bits per heavy atom. The summed E-state index contributed by atoms with van der Waals surface area (Å²) in [4.78, 5) is 0.0116. The molecule has 23 heavy (non-hydrogen) atoms. The third-order valence-electron chi connectivity index (χ3n) is 3.37. The third kappa shape index (κ3) is 3.15. The topological polar surface area (TPSA) is 46.2 Å². The molecule has 0 spiro atoms. The Morgan fingerprint density at radius 1 is 0.913 bits per heavy atom. The maximum absolute atomic E-state index is 14.0. The van der Waals surface area contributed by atoms with Crippen LogP contribution in [0.4, 0.5) is 14.5 Å². The number of rotatable bonds is 3. The van der Waals surface area contributed by atoms with Crippen molar-refractivity contribution in [2.24, 2.45) is 0 Å². The molecule has 0 unspecified atom stereocenters. The summed E-state index contributed by atoms with van der Waals surface area (Å²) < 4.78 is 54.0. The van der Waals surface area contributed by atoms with E-state index in [0.29, 0.717) is 0 Å². The number of benzene rings is 3. The van der Waals surface area contributed by atoms with E-state index >= 15 is 0 Å². The van der Waals surface area contributed by atoms with Crippen LogP contribution in [0.1, 0.15) is 0 Å². The molecule has 0 amide bonds. The number of sulfonamides is 1. The average molecular weight is 366 g/mol. The van der Waals surface area contributed by atoms with Crippen LogP contribution >= 0.6 is 0 Å². The molecule has 3 nitrogen and oxygen atoms in total. The van der Waals surface area contributed by atoms with Crippen molar-refractivity contribution >= 4 is 30.4 Å². The van der Waals surface area contributed by atoms with E-state index in [1.807, 2.05) is 12.1 Å². The van der Waals surface area contributed by atoms with Crippen LogP contribution in [0.25, 0.3) is 10.8 Å². The van der Waals surface area contributed by atoms with Crippen LogP contribution in [0.3, 0.4) is 0 Å². The zero-order valence-electron chi connectivity index (χ0n) is 11.7. The minimum atomic E-state index is -3.97. The van der Waals surface area contributed by atoms with Gasteiger partial charge in [0.25, 0.3) is 0 Å². The second-order valence-corrected chi connectivity index (χ2v) is 7.36. The number of hydrogen-bond donors (Lipinski definition) is 1. The number of halogens is 2. The van der Waals surface area contributed by atoms with Crippen molar-refractivity contribution in [1.29, 1.82) is 0 Å². The Labute approximate surface area is 143 Å². The van der Waals surface area contributed by atoms with E-state index in [0.717, 1.165) is 22.9 Å². The molecule has 0 radical (unpaired) electrons. The number of hydrogen-bond acceptors (Lipinski definition) is 2. The molecule has 0 fully saturated rings. The Kier molecular flexibility index (Phi) is 4.23. The van der Waals surface area contributed by atoms with E-state index in [-0.39, 0.29) is 14.5 Å². The van der Waals surface area contributed by atoms with Crippen LogP contribution in [0.15, 0.2) is 59.5 Å². The van der Waals surface area contributed by atoms with Crippen molar-refractivity contribution in [3.8, 4) is 0 Å². The van der Waals surface area contributed by atoms with Crippen LogP contribution in [0, 0.1) is 11.6 Å². The van der Waals surface area contributed by atoms with Gasteiger partial charge in [-0.15, -0.1) is 0 Å². The maximum atomic E-state index is 14.0. The van der Waals surface area contributed by atoms with Crippen LogP contribution in [0.2, 0.25) is 0 Å². The molecule has 3 aromatic rings. The van der Waals surface area contributed by atoms with E-state index in [2.05, 4.69) is 4.72 Å². The Hall–Kier alpha value is -1.76. The van der Waals surface area contributed by atoms with Crippen LogP contribution in [-0.2, 0) is 30.5 Å². The van der Waals surface area contributed by atoms with Crippen molar-refractivity contribution in [2.45, 2.75) is 4.90 Å². The third-order valence-corrected chi connectivity index (χ3v) is 5.45. The first-order chi connectivity index (χ1) is 10.9. The van der Waals surface area contributed by atoms with Gasteiger partial charge in [0.05, 0.1) is 0 Å². The first kappa shape index (κ1) is 16.1. The van der Waals surface area contributed by atoms with Gasteiger partial charge in [-0.3, -0.25) is 0 Å². The fraction of sp³-hybridized carbons (Fsp3) is 0. The zero-order chi connectivity index (χ0) is 16.6. The molecular weight excluding hydrogens is 356 g/mol. The second kappa shape index (κ2) is 6.04. The summed E-state index contributed by atoms with van der Waals surface area (Å²) in [6.07, 6.45) is 0. The molecule has 0 aliphatic carbocycles. The van der Waals surface area contributed by atoms with Gasteiger partial charge in [-0.2, -0.15) is 0 Å². The van der Waals surface area contributed by atoms with E-state index in [1.54, 1.807) is 18.2 Å². The van der Waals surface area contributed by atoms with Crippen LogP contribution < -0.4 is 8.59 Å². The van der Waals surface area contributed by atoms with E-state index in [1.165, 1.54) is 32.6 Å². The summed E-state index contributed by atoms with van der Waals surface area (Å²) in [6.45, 7) is 0. The van der Waals surface area contributed by atoms with Gasteiger partial charge in [-0.25, -0.2) is 0 Å². The fourth-order valence-electron chi connectivity index (χ4n) is 2.17. The molecule has 0 bridgehead atoms. The predicted octanol–water partition coefficient (Wildman–Crippen LogP) is 3.09. The summed E-state index contributed by atoms with van der Waals surface area (Å²) in [5, 5.41) is 1.65. The van der Waals surface area contributed by atoms with Gasteiger partial charge in [0.1, 0.15) is 0 Å². The van der Waals surface area contributed by atoms with Gasteiger partial charge in [0, 0.05) is 0 Å². The number of nitrogens with one attached hydrogen (secondary N) is 1. The van der Waals surface area contributed by atoms with E-state index in [9.17, 15) is 17.2 Å². The second-order valence-electron chi connectivity index (χ2n) is 4.90. The molecule has 3 rings (SSSR count). The molecule has 7 heteroatoms. The molecule has 0 saturated carbocycles. The monoisotopic (exact) mass is 366 g/mol. The van der Waals surface area contributed by atoms with Crippen molar-refractivity contribution in [3.63, 3.8) is 0 Å². The molecule has 0 atom stereocenters. The average Bonchev–Trinajstić information content (AvgIpc) is 2.55. The van der Waals surface area contributed by atoms with Crippen molar-refractivity contribution in [3.05, 3.63) is 66.2 Å². The van der Waals surface area contributed by atoms with Gasteiger partial charge in [0.15, 0.2) is 0 Å². The molecule has 0 aliphatic rings. The molecule has 115 valence electrons. The van der Waals surface area contributed by atoms with E-state index in [4.69, 9.17) is 0 Å². The van der Waals surface area contributed by atoms with Crippen LogP contribution in [0.5, 0.6) is 0 Å². The van der Waals surface area contributed by atoms with Crippen molar-refractivity contribution in [1.82, 2.24) is 0 Å². The first-order valence-corrected chi connectivity index (χ1v) is 8.86. The Balaban J connectivity index is 2.02.